The van der Waals surface area contributed by atoms with Gasteiger partial charge in [-0.2, -0.15) is 0 Å². The van der Waals surface area contributed by atoms with Crippen molar-refractivity contribution in [2.45, 2.75) is 25.3 Å². The number of hydrogen-bond acceptors (Lipinski definition) is 3. The standard InChI is InChI=1S/C21H20N2O2/c1-14-6-3-4-7-16(14)20(24)23-21(9-10-21)18-12-15(25-2)13-19-17(18)8-5-11-22-19/h3-8,11-13H,9-10H2,1-2H3,(H,23,24). The highest BCUT2D eigenvalue weighted by molar-refractivity contribution is 5.97. The van der Waals surface area contributed by atoms with Crippen LogP contribution in [0.1, 0.15) is 34.3 Å². The number of pyridine rings is 1. The van der Waals surface area contributed by atoms with Crippen molar-refractivity contribution in [2.24, 2.45) is 0 Å². The van der Waals surface area contributed by atoms with Gasteiger partial charge in [-0.25, -0.2) is 0 Å². The van der Waals surface area contributed by atoms with Crippen LogP contribution in [0.2, 0.25) is 0 Å². The second-order valence-electron chi connectivity index (χ2n) is 6.60. The summed E-state index contributed by atoms with van der Waals surface area (Å²) in [6.45, 7) is 1.96. The lowest BCUT2D eigenvalue weighted by Crippen LogP contribution is -2.35. The Morgan fingerprint density at radius 2 is 1.96 bits per heavy atom. The maximum atomic E-state index is 12.8. The molecule has 1 heterocycles. The third-order valence-electron chi connectivity index (χ3n) is 4.94. The molecule has 1 aromatic heterocycles. The molecule has 1 saturated carbocycles. The molecule has 2 aromatic carbocycles. The molecule has 0 radical (unpaired) electrons. The number of carbonyl (C=O) groups is 1. The number of ether oxygens (including phenoxy) is 1. The highest BCUT2D eigenvalue weighted by Gasteiger charge is 2.47. The number of nitrogens with zero attached hydrogens (tertiary/aromatic N) is 1. The monoisotopic (exact) mass is 332 g/mol. The molecular formula is C21H20N2O2. The van der Waals surface area contributed by atoms with Crippen molar-refractivity contribution in [3.63, 3.8) is 0 Å². The molecule has 0 aliphatic heterocycles. The maximum Gasteiger partial charge on any atom is 0.252 e. The van der Waals surface area contributed by atoms with Crippen LogP contribution in [0.15, 0.2) is 54.7 Å². The average Bonchev–Trinajstić information content (AvgIpc) is 3.41. The Labute approximate surface area is 146 Å². The second kappa shape index (κ2) is 5.88. The van der Waals surface area contributed by atoms with Crippen LogP contribution < -0.4 is 10.1 Å². The molecule has 4 heteroatoms. The Hall–Kier alpha value is -2.88. The van der Waals surface area contributed by atoms with Crippen LogP contribution in [-0.4, -0.2) is 18.0 Å². The van der Waals surface area contributed by atoms with E-state index in [0.717, 1.165) is 46.2 Å². The van der Waals surface area contributed by atoms with Crippen LogP contribution >= 0.6 is 0 Å². The molecule has 1 aliphatic carbocycles. The van der Waals surface area contributed by atoms with E-state index in [4.69, 9.17) is 4.74 Å². The molecule has 1 N–H and O–H groups in total. The van der Waals surface area contributed by atoms with E-state index >= 15 is 0 Å². The maximum absolute atomic E-state index is 12.8. The van der Waals surface area contributed by atoms with Gasteiger partial charge in [0.15, 0.2) is 0 Å². The van der Waals surface area contributed by atoms with Crippen LogP contribution in [0.25, 0.3) is 10.9 Å². The fourth-order valence-electron chi connectivity index (χ4n) is 3.37. The highest BCUT2D eigenvalue weighted by atomic mass is 16.5. The van der Waals surface area contributed by atoms with E-state index < -0.39 is 0 Å². The lowest BCUT2D eigenvalue weighted by molar-refractivity contribution is 0.0930. The van der Waals surface area contributed by atoms with Gasteiger partial charge in [-0.3, -0.25) is 9.78 Å². The van der Waals surface area contributed by atoms with Gasteiger partial charge in [-0.15, -0.1) is 0 Å². The van der Waals surface area contributed by atoms with E-state index in [1.54, 1.807) is 13.3 Å². The number of hydrogen-bond donors (Lipinski definition) is 1. The van der Waals surface area contributed by atoms with Gasteiger partial charge in [-0.1, -0.05) is 24.3 Å². The molecule has 4 rings (SSSR count). The van der Waals surface area contributed by atoms with Crippen molar-refractivity contribution >= 4 is 16.8 Å². The van der Waals surface area contributed by atoms with Gasteiger partial charge in [0.05, 0.1) is 18.2 Å². The molecule has 0 spiro atoms. The van der Waals surface area contributed by atoms with Gasteiger partial charge in [0.2, 0.25) is 0 Å². The summed E-state index contributed by atoms with van der Waals surface area (Å²) in [4.78, 5) is 17.3. The third-order valence-corrected chi connectivity index (χ3v) is 4.94. The SMILES string of the molecule is COc1cc(C2(NC(=O)c3ccccc3C)CC2)c2cccnc2c1. The Bertz CT molecular complexity index is 961. The smallest absolute Gasteiger partial charge is 0.252 e. The summed E-state index contributed by atoms with van der Waals surface area (Å²) in [5, 5.41) is 4.32. The molecule has 0 bridgehead atoms. The van der Waals surface area contributed by atoms with Crippen molar-refractivity contribution in [3.05, 3.63) is 71.4 Å². The van der Waals surface area contributed by atoms with Crippen LogP contribution in [0.4, 0.5) is 0 Å². The van der Waals surface area contributed by atoms with Crippen LogP contribution in [0.3, 0.4) is 0 Å². The van der Waals surface area contributed by atoms with Crippen LogP contribution in [-0.2, 0) is 5.54 Å². The van der Waals surface area contributed by atoms with Crippen molar-refractivity contribution in [1.29, 1.82) is 0 Å². The largest absolute Gasteiger partial charge is 0.497 e. The van der Waals surface area contributed by atoms with E-state index in [2.05, 4.69) is 16.4 Å². The zero-order valence-electron chi connectivity index (χ0n) is 14.4. The van der Waals surface area contributed by atoms with E-state index in [0.29, 0.717) is 0 Å². The first-order chi connectivity index (χ1) is 12.1. The van der Waals surface area contributed by atoms with Gasteiger partial charge < -0.3 is 10.1 Å². The minimum atomic E-state index is -0.338. The zero-order chi connectivity index (χ0) is 17.4. The molecule has 0 atom stereocenters. The Balaban J connectivity index is 1.75. The van der Waals surface area contributed by atoms with E-state index in [9.17, 15) is 4.79 Å². The molecule has 1 aliphatic rings. The quantitative estimate of drug-likeness (QED) is 0.786. The summed E-state index contributed by atoms with van der Waals surface area (Å²) < 4.78 is 5.44. The molecule has 0 saturated heterocycles. The molecule has 126 valence electrons. The lowest BCUT2D eigenvalue weighted by Gasteiger charge is -2.21. The fraction of sp³-hybridized carbons (Fsp3) is 0.238. The Morgan fingerprint density at radius 1 is 1.16 bits per heavy atom. The van der Waals surface area contributed by atoms with Gasteiger partial charge in [0.1, 0.15) is 5.75 Å². The Kier molecular flexibility index (Phi) is 3.68. The van der Waals surface area contributed by atoms with Crippen molar-refractivity contribution in [1.82, 2.24) is 10.3 Å². The van der Waals surface area contributed by atoms with Crippen LogP contribution in [0, 0.1) is 6.92 Å². The molecule has 1 fully saturated rings. The fourth-order valence-corrected chi connectivity index (χ4v) is 3.37. The number of benzene rings is 2. The van der Waals surface area contributed by atoms with E-state index in [1.807, 2.05) is 49.4 Å². The third kappa shape index (κ3) is 2.74. The second-order valence-corrected chi connectivity index (χ2v) is 6.60. The summed E-state index contributed by atoms with van der Waals surface area (Å²) in [6.07, 6.45) is 3.61. The topological polar surface area (TPSA) is 51.2 Å². The van der Waals surface area contributed by atoms with E-state index in [1.165, 1.54) is 0 Å². The molecular weight excluding hydrogens is 312 g/mol. The number of methoxy groups -OCH3 is 1. The highest BCUT2D eigenvalue weighted by Crippen LogP contribution is 2.49. The normalized spacial score (nSPS) is 15.0. The van der Waals surface area contributed by atoms with Crippen LogP contribution in [0.5, 0.6) is 5.75 Å². The summed E-state index contributed by atoms with van der Waals surface area (Å²) in [5.41, 5.74) is 3.33. The van der Waals surface area contributed by atoms with Gasteiger partial charge >= 0.3 is 0 Å². The predicted octanol–water partition coefficient (Wildman–Crippen LogP) is 3.97. The molecule has 3 aromatic rings. The summed E-state index contributed by atoms with van der Waals surface area (Å²) >= 11 is 0. The molecule has 0 unspecified atom stereocenters. The lowest BCUT2D eigenvalue weighted by atomic mass is 9.97. The van der Waals surface area contributed by atoms with Crippen molar-refractivity contribution in [3.8, 4) is 5.75 Å². The van der Waals surface area contributed by atoms with E-state index in [-0.39, 0.29) is 11.4 Å². The summed E-state index contributed by atoms with van der Waals surface area (Å²) in [7, 11) is 1.65. The Morgan fingerprint density at radius 3 is 2.68 bits per heavy atom. The predicted molar refractivity (Wildman–Crippen MR) is 97.9 cm³/mol. The van der Waals surface area contributed by atoms with Crippen molar-refractivity contribution in [2.75, 3.05) is 7.11 Å². The zero-order valence-corrected chi connectivity index (χ0v) is 14.4. The summed E-state index contributed by atoms with van der Waals surface area (Å²) in [5.74, 6) is 0.730. The number of nitrogens with one attached hydrogen (secondary N) is 1. The number of fused-ring (bicyclic) bond motifs is 1. The average molecular weight is 332 g/mol. The number of aromatic nitrogens is 1. The first kappa shape index (κ1) is 15.6. The number of aryl methyl sites for hydroxylation is 1. The van der Waals surface area contributed by atoms with Crippen molar-refractivity contribution < 1.29 is 9.53 Å². The molecule has 4 nitrogen and oxygen atoms in total. The van der Waals surface area contributed by atoms with Gasteiger partial charge in [0.25, 0.3) is 5.91 Å². The van der Waals surface area contributed by atoms with Gasteiger partial charge in [0, 0.05) is 23.2 Å². The van der Waals surface area contributed by atoms with Gasteiger partial charge in [-0.05, 0) is 49.1 Å². The first-order valence-corrected chi connectivity index (χ1v) is 8.44. The number of carbonyl (C=O) groups excluding carboxylic acids is 1. The molecule has 25 heavy (non-hydrogen) atoms. The number of rotatable bonds is 4. The first-order valence-electron chi connectivity index (χ1n) is 8.44. The number of amides is 1. The summed E-state index contributed by atoms with van der Waals surface area (Å²) in [6, 6.07) is 15.6. The minimum Gasteiger partial charge on any atom is -0.497 e. The minimum absolute atomic E-state index is 0.0320. The molecule has 1 amide bonds.